The largest absolute Gasteiger partial charge is 0.416 e. The normalized spacial score (nSPS) is 14.4. The van der Waals surface area contributed by atoms with Crippen molar-refractivity contribution in [3.8, 4) is 0 Å². The number of hydrogen-bond donors (Lipinski definition) is 2. The van der Waals surface area contributed by atoms with Crippen molar-refractivity contribution in [2.75, 3.05) is 18.0 Å². The van der Waals surface area contributed by atoms with Gasteiger partial charge < -0.3 is 15.5 Å². The molecule has 2 amide bonds. The second-order valence-corrected chi connectivity index (χ2v) is 9.60. The van der Waals surface area contributed by atoms with Gasteiger partial charge >= 0.3 is 6.18 Å². The van der Waals surface area contributed by atoms with E-state index in [0.29, 0.717) is 47.6 Å². The Bertz CT molecular complexity index is 1290. The number of benzene rings is 3. The SMILES string of the molecule is O=C(NC1CCN(c2ccccc2C(=O)NCc2cccc(C(F)(F)F)c2)CC1)c1ccc(Cl)cc1Cl. The van der Waals surface area contributed by atoms with Crippen LogP contribution >= 0.6 is 23.2 Å². The monoisotopic (exact) mass is 549 g/mol. The van der Waals surface area contributed by atoms with Gasteiger partial charge in [-0.1, -0.05) is 47.5 Å². The molecule has 194 valence electrons. The van der Waals surface area contributed by atoms with Crippen LogP contribution in [0.2, 0.25) is 10.0 Å². The lowest BCUT2D eigenvalue weighted by Gasteiger charge is -2.35. The first-order chi connectivity index (χ1) is 17.6. The predicted molar refractivity (Wildman–Crippen MR) is 138 cm³/mol. The first-order valence-corrected chi connectivity index (χ1v) is 12.4. The lowest BCUT2D eigenvalue weighted by molar-refractivity contribution is -0.137. The van der Waals surface area contributed by atoms with E-state index in [1.165, 1.54) is 18.2 Å². The maximum absolute atomic E-state index is 13.0. The van der Waals surface area contributed by atoms with Gasteiger partial charge in [-0.05, 0) is 60.9 Å². The molecule has 5 nitrogen and oxygen atoms in total. The van der Waals surface area contributed by atoms with Crippen molar-refractivity contribution in [2.24, 2.45) is 0 Å². The number of nitrogens with one attached hydrogen (secondary N) is 2. The van der Waals surface area contributed by atoms with Crippen molar-refractivity contribution in [3.05, 3.63) is 99.0 Å². The summed E-state index contributed by atoms with van der Waals surface area (Å²) in [6, 6.07) is 16.6. The van der Waals surface area contributed by atoms with Gasteiger partial charge in [0.2, 0.25) is 0 Å². The van der Waals surface area contributed by atoms with Crippen molar-refractivity contribution in [1.82, 2.24) is 10.6 Å². The molecular formula is C27H24Cl2F3N3O2. The molecule has 1 fully saturated rings. The average Bonchev–Trinajstić information content (AvgIpc) is 2.87. The molecule has 1 saturated heterocycles. The summed E-state index contributed by atoms with van der Waals surface area (Å²) in [6.07, 6.45) is -3.12. The number of carbonyl (C=O) groups is 2. The maximum atomic E-state index is 13.0. The van der Waals surface area contributed by atoms with Gasteiger partial charge in [-0.2, -0.15) is 13.2 Å². The molecule has 10 heteroatoms. The van der Waals surface area contributed by atoms with E-state index in [2.05, 4.69) is 15.5 Å². The highest BCUT2D eigenvalue weighted by molar-refractivity contribution is 6.36. The van der Waals surface area contributed by atoms with E-state index in [0.717, 1.165) is 17.8 Å². The van der Waals surface area contributed by atoms with Crippen LogP contribution in [0, 0.1) is 0 Å². The second-order valence-electron chi connectivity index (χ2n) is 8.76. The topological polar surface area (TPSA) is 61.4 Å². The molecule has 1 aliphatic heterocycles. The van der Waals surface area contributed by atoms with Crippen molar-refractivity contribution >= 4 is 40.7 Å². The van der Waals surface area contributed by atoms with E-state index in [1.54, 1.807) is 24.3 Å². The molecule has 0 bridgehead atoms. The molecule has 0 aliphatic carbocycles. The standard InChI is InChI=1S/C27H24Cl2F3N3O2/c28-19-8-9-21(23(29)15-19)26(37)34-20-10-12-35(13-11-20)24-7-2-1-6-22(24)25(36)33-16-17-4-3-5-18(14-17)27(30,31)32/h1-9,14-15,20H,10-13,16H2,(H,33,36)(H,34,37). The van der Waals surface area contributed by atoms with Crippen LogP contribution in [0.15, 0.2) is 66.7 Å². The van der Waals surface area contributed by atoms with Crippen LogP contribution in [0.3, 0.4) is 0 Å². The number of halogens is 5. The van der Waals surface area contributed by atoms with Gasteiger partial charge in [0.1, 0.15) is 0 Å². The third kappa shape index (κ3) is 6.76. The summed E-state index contributed by atoms with van der Waals surface area (Å²) in [6.45, 7) is 1.19. The van der Waals surface area contributed by atoms with E-state index in [-0.39, 0.29) is 29.4 Å². The molecular weight excluding hydrogens is 526 g/mol. The third-order valence-electron chi connectivity index (χ3n) is 6.20. The van der Waals surface area contributed by atoms with Gasteiger partial charge in [0.05, 0.1) is 21.7 Å². The summed E-state index contributed by atoms with van der Waals surface area (Å²) in [5.41, 5.74) is 1.13. The van der Waals surface area contributed by atoms with Crippen LogP contribution in [-0.4, -0.2) is 30.9 Å². The Labute approximate surface area is 222 Å². The summed E-state index contributed by atoms with van der Waals surface area (Å²) < 4.78 is 38.9. The lowest BCUT2D eigenvalue weighted by Crippen LogP contribution is -2.45. The number of anilines is 1. The highest BCUT2D eigenvalue weighted by atomic mass is 35.5. The molecule has 1 aliphatic rings. The van der Waals surface area contributed by atoms with Gasteiger partial charge in [-0.3, -0.25) is 9.59 Å². The zero-order valence-corrected chi connectivity index (χ0v) is 21.1. The Balaban J connectivity index is 1.36. The predicted octanol–water partition coefficient (Wildman–Crippen LogP) is 6.34. The summed E-state index contributed by atoms with van der Waals surface area (Å²) in [5.74, 6) is -0.643. The third-order valence-corrected chi connectivity index (χ3v) is 6.75. The highest BCUT2D eigenvalue weighted by Gasteiger charge is 2.30. The molecule has 2 N–H and O–H groups in total. The minimum absolute atomic E-state index is 0.0293. The molecule has 4 rings (SSSR count). The van der Waals surface area contributed by atoms with Crippen LogP contribution in [-0.2, 0) is 12.7 Å². The Kier molecular flexibility index (Phi) is 8.29. The Morgan fingerprint density at radius 1 is 0.892 bits per heavy atom. The molecule has 37 heavy (non-hydrogen) atoms. The lowest BCUT2D eigenvalue weighted by atomic mass is 10.0. The number of piperidine rings is 1. The number of alkyl halides is 3. The van der Waals surface area contributed by atoms with Crippen LogP contribution in [0.4, 0.5) is 18.9 Å². The highest BCUT2D eigenvalue weighted by Crippen LogP contribution is 2.30. The van der Waals surface area contributed by atoms with Crippen molar-refractivity contribution in [2.45, 2.75) is 31.6 Å². The van der Waals surface area contributed by atoms with E-state index >= 15 is 0 Å². The average molecular weight is 550 g/mol. The zero-order valence-electron chi connectivity index (χ0n) is 19.6. The smallest absolute Gasteiger partial charge is 0.371 e. The van der Waals surface area contributed by atoms with Crippen LogP contribution < -0.4 is 15.5 Å². The first-order valence-electron chi connectivity index (χ1n) is 11.7. The maximum Gasteiger partial charge on any atom is 0.416 e. The quantitative estimate of drug-likeness (QED) is 0.377. The number of amides is 2. The van der Waals surface area contributed by atoms with Crippen LogP contribution in [0.1, 0.15) is 44.7 Å². The molecule has 0 unspecified atom stereocenters. The minimum atomic E-state index is -4.45. The first kappa shape index (κ1) is 26.8. The van der Waals surface area contributed by atoms with Crippen molar-refractivity contribution in [3.63, 3.8) is 0 Å². The van der Waals surface area contributed by atoms with E-state index < -0.39 is 11.7 Å². The minimum Gasteiger partial charge on any atom is -0.371 e. The Morgan fingerprint density at radius 3 is 2.32 bits per heavy atom. The summed E-state index contributed by atoms with van der Waals surface area (Å²) >= 11 is 12.0. The van der Waals surface area contributed by atoms with E-state index in [1.807, 2.05) is 12.1 Å². The van der Waals surface area contributed by atoms with E-state index in [9.17, 15) is 22.8 Å². The molecule has 3 aromatic carbocycles. The fourth-order valence-corrected chi connectivity index (χ4v) is 4.77. The molecule has 0 saturated carbocycles. The van der Waals surface area contributed by atoms with Gasteiger partial charge in [-0.25, -0.2) is 0 Å². The Morgan fingerprint density at radius 2 is 1.62 bits per heavy atom. The number of hydrogen-bond acceptors (Lipinski definition) is 3. The van der Waals surface area contributed by atoms with E-state index in [4.69, 9.17) is 23.2 Å². The number of para-hydroxylation sites is 1. The van der Waals surface area contributed by atoms with Gasteiger partial charge in [-0.15, -0.1) is 0 Å². The Hall–Kier alpha value is -3.23. The fraction of sp³-hybridized carbons (Fsp3) is 0.259. The van der Waals surface area contributed by atoms with Crippen molar-refractivity contribution < 1.29 is 22.8 Å². The van der Waals surface area contributed by atoms with Gasteiger partial charge in [0.25, 0.3) is 11.8 Å². The molecule has 3 aromatic rings. The second kappa shape index (κ2) is 11.4. The summed E-state index contributed by atoms with van der Waals surface area (Å²) in [5, 5.41) is 6.47. The fourth-order valence-electron chi connectivity index (χ4n) is 4.28. The van der Waals surface area contributed by atoms with Crippen LogP contribution in [0.25, 0.3) is 0 Å². The number of nitrogens with zero attached hydrogens (tertiary/aromatic N) is 1. The number of rotatable bonds is 6. The van der Waals surface area contributed by atoms with Gasteiger partial charge in [0.15, 0.2) is 0 Å². The summed E-state index contributed by atoms with van der Waals surface area (Å²) in [7, 11) is 0. The molecule has 0 atom stereocenters. The van der Waals surface area contributed by atoms with Crippen molar-refractivity contribution in [1.29, 1.82) is 0 Å². The van der Waals surface area contributed by atoms with Gasteiger partial charge in [0, 0.05) is 36.4 Å². The van der Waals surface area contributed by atoms with Crippen LogP contribution in [0.5, 0.6) is 0 Å². The zero-order chi connectivity index (χ0) is 26.6. The molecule has 0 aromatic heterocycles. The molecule has 0 radical (unpaired) electrons. The molecule has 1 heterocycles. The summed E-state index contributed by atoms with van der Waals surface area (Å²) in [4.78, 5) is 27.7. The number of carbonyl (C=O) groups excluding carboxylic acids is 2. The molecule has 0 spiro atoms.